The van der Waals surface area contributed by atoms with E-state index in [-0.39, 0.29) is 12.1 Å². The predicted molar refractivity (Wildman–Crippen MR) is 65.1 cm³/mol. The van der Waals surface area contributed by atoms with Gasteiger partial charge in [0, 0.05) is 35.5 Å². The minimum atomic E-state index is -0.365. The SMILES string of the molecule is CC/C=C/OCC(O)C1CCCN1I. The van der Waals surface area contributed by atoms with E-state index in [1.807, 2.05) is 6.08 Å². The number of allylic oxidation sites excluding steroid dienone is 1. The van der Waals surface area contributed by atoms with Gasteiger partial charge in [0.1, 0.15) is 12.7 Å². The molecule has 0 radical (unpaired) electrons. The monoisotopic (exact) mass is 311 g/mol. The number of aliphatic hydroxyl groups is 1. The number of hydrogen-bond acceptors (Lipinski definition) is 3. The molecule has 2 unspecified atom stereocenters. The summed E-state index contributed by atoms with van der Waals surface area (Å²) < 4.78 is 7.41. The van der Waals surface area contributed by atoms with Gasteiger partial charge in [-0.1, -0.05) is 13.0 Å². The summed E-state index contributed by atoms with van der Waals surface area (Å²) in [7, 11) is 0. The molecule has 3 nitrogen and oxygen atoms in total. The molecule has 0 bridgehead atoms. The van der Waals surface area contributed by atoms with Crippen LogP contribution in [0.3, 0.4) is 0 Å². The summed E-state index contributed by atoms with van der Waals surface area (Å²) in [6.07, 6.45) is 6.48. The van der Waals surface area contributed by atoms with Crippen LogP contribution in [0.15, 0.2) is 12.3 Å². The van der Waals surface area contributed by atoms with E-state index in [9.17, 15) is 5.11 Å². The fraction of sp³-hybridized carbons (Fsp3) is 0.800. The van der Waals surface area contributed by atoms with Gasteiger partial charge in [0.25, 0.3) is 0 Å². The van der Waals surface area contributed by atoms with E-state index in [1.165, 1.54) is 6.42 Å². The number of halogens is 1. The van der Waals surface area contributed by atoms with Crippen molar-refractivity contribution in [3.05, 3.63) is 12.3 Å². The van der Waals surface area contributed by atoms with Crippen molar-refractivity contribution in [2.45, 2.75) is 38.3 Å². The van der Waals surface area contributed by atoms with Crippen LogP contribution in [0.5, 0.6) is 0 Å². The van der Waals surface area contributed by atoms with E-state index in [4.69, 9.17) is 4.74 Å². The summed E-state index contributed by atoms with van der Waals surface area (Å²) in [5.74, 6) is 0. The minimum Gasteiger partial charge on any atom is -0.499 e. The molecule has 0 aromatic rings. The lowest BCUT2D eigenvalue weighted by Gasteiger charge is -2.22. The van der Waals surface area contributed by atoms with Crippen molar-refractivity contribution >= 4 is 22.9 Å². The molecule has 1 heterocycles. The quantitative estimate of drug-likeness (QED) is 0.479. The van der Waals surface area contributed by atoms with Crippen LogP contribution in [-0.4, -0.2) is 33.5 Å². The second-order valence-electron chi connectivity index (χ2n) is 3.51. The molecule has 1 saturated heterocycles. The van der Waals surface area contributed by atoms with Crippen LogP contribution in [0.25, 0.3) is 0 Å². The number of nitrogens with zero attached hydrogens (tertiary/aromatic N) is 1. The molecule has 82 valence electrons. The van der Waals surface area contributed by atoms with Gasteiger partial charge in [0.2, 0.25) is 0 Å². The van der Waals surface area contributed by atoms with Gasteiger partial charge in [-0.15, -0.1) is 0 Å². The molecule has 0 aromatic heterocycles. The fourth-order valence-electron chi connectivity index (χ4n) is 1.57. The van der Waals surface area contributed by atoms with E-state index in [2.05, 4.69) is 32.9 Å². The van der Waals surface area contributed by atoms with E-state index in [0.717, 1.165) is 19.4 Å². The number of aliphatic hydroxyl groups excluding tert-OH is 1. The highest BCUT2D eigenvalue weighted by Crippen LogP contribution is 2.23. The Labute approximate surface area is 99.6 Å². The highest BCUT2D eigenvalue weighted by atomic mass is 127. The molecule has 0 spiro atoms. The van der Waals surface area contributed by atoms with Crippen molar-refractivity contribution in [2.75, 3.05) is 13.2 Å². The largest absolute Gasteiger partial charge is 0.499 e. The Morgan fingerprint density at radius 1 is 1.71 bits per heavy atom. The van der Waals surface area contributed by atoms with Gasteiger partial charge < -0.3 is 9.84 Å². The molecule has 14 heavy (non-hydrogen) atoms. The van der Waals surface area contributed by atoms with Crippen LogP contribution in [0.2, 0.25) is 0 Å². The second-order valence-corrected chi connectivity index (χ2v) is 4.75. The van der Waals surface area contributed by atoms with Crippen LogP contribution < -0.4 is 0 Å². The molecule has 4 heteroatoms. The normalized spacial score (nSPS) is 25.8. The van der Waals surface area contributed by atoms with E-state index < -0.39 is 0 Å². The standard InChI is InChI=1S/C10H18INO2/c1-2-3-7-14-8-10(13)9-5-4-6-12(9)11/h3,7,9-10,13H,2,4-6,8H2,1H3/b7-3+. The summed E-state index contributed by atoms with van der Waals surface area (Å²) in [6, 6.07) is 0.269. The summed E-state index contributed by atoms with van der Waals surface area (Å²) in [5, 5.41) is 9.81. The first kappa shape index (κ1) is 12.3. The number of rotatable bonds is 5. The number of ether oxygens (including phenoxy) is 1. The van der Waals surface area contributed by atoms with Crippen molar-refractivity contribution < 1.29 is 9.84 Å². The fourth-order valence-corrected chi connectivity index (χ4v) is 2.56. The molecule has 1 aliphatic rings. The van der Waals surface area contributed by atoms with Crippen molar-refractivity contribution in [1.29, 1.82) is 0 Å². The Balaban J connectivity index is 2.20. The predicted octanol–water partition coefficient (Wildman–Crippen LogP) is 2.10. The zero-order chi connectivity index (χ0) is 10.4. The molecular weight excluding hydrogens is 293 g/mol. The molecule has 0 aromatic carbocycles. The molecular formula is C10H18INO2. The average molecular weight is 311 g/mol. The zero-order valence-corrected chi connectivity index (χ0v) is 10.7. The molecule has 0 aliphatic carbocycles. The third-order valence-corrected chi connectivity index (χ3v) is 3.57. The lowest BCUT2D eigenvalue weighted by Crippen LogP contribution is -2.35. The molecule has 1 N–H and O–H groups in total. The van der Waals surface area contributed by atoms with Crippen molar-refractivity contribution in [3.8, 4) is 0 Å². The van der Waals surface area contributed by atoms with Gasteiger partial charge in [-0.3, -0.25) is 0 Å². The topological polar surface area (TPSA) is 32.7 Å². The first-order valence-corrected chi connectivity index (χ1v) is 6.09. The van der Waals surface area contributed by atoms with Gasteiger partial charge >= 0.3 is 0 Å². The summed E-state index contributed by atoms with van der Waals surface area (Å²) in [4.78, 5) is 0. The molecule has 0 saturated carbocycles. The Hall–Kier alpha value is 0.190. The zero-order valence-electron chi connectivity index (χ0n) is 8.53. The summed E-state index contributed by atoms with van der Waals surface area (Å²) in [6.45, 7) is 3.54. The van der Waals surface area contributed by atoms with Gasteiger partial charge in [0.15, 0.2) is 0 Å². The molecule has 0 amide bonds. The Morgan fingerprint density at radius 3 is 3.07 bits per heavy atom. The molecule has 2 atom stereocenters. The van der Waals surface area contributed by atoms with Crippen molar-refractivity contribution in [2.24, 2.45) is 0 Å². The maximum absolute atomic E-state index is 9.81. The van der Waals surface area contributed by atoms with Gasteiger partial charge in [-0.05, 0) is 19.3 Å². The van der Waals surface area contributed by atoms with Gasteiger partial charge in [-0.25, -0.2) is 3.11 Å². The lowest BCUT2D eigenvalue weighted by molar-refractivity contribution is 0.0473. The Bertz CT molecular complexity index is 187. The maximum Gasteiger partial charge on any atom is 0.115 e. The molecule has 1 fully saturated rings. The minimum absolute atomic E-state index is 0.269. The van der Waals surface area contributed by atoms with Crippen molar-refractivity contribution in [3.63, 3.8) is 0 Å². The second kappa shape index (κ2) is 6.63. The van der Waals surface area contributed by atoms with Gasteiger partial charge in [-0.2, -0.15) is 0 Å². The third-order valence-electron chi connectivity index (χ3n) is 2.37. The van der Waals surface area contributed by atoms with E-state index in [0.29, 0.717) is 6.61 Å². The lowest BCUT2D eigenvalue weighted by atomic mass is 10.1. The smallest absolute Gasteiger partial charge is 0.115 e. The van der Waals surface area contributed by atoms with Crippen molar-refractivity contribution in [1.82, 2.24) is 3.11 Å². The number of hydrogen-bond donors (Lipinski definition) is 1. The van der Waals surface area contributed by atoms with E-state index >= 15 is 0 Å². The van der Waals surface area contributed by atoms with Crippen LogP contribution in [-0.2, 0) is 4.74 Å². The van der Waals surface area contributed by atoms with Crippen LogP contribution in [0.1, 0.15) is 26.2 Å². The van der Waals surface area contributed by atoms with Gasteiger partial charge in [0.05, 0.1) is 6.26 Å². The third kappa shape index (κ3) is 3.74. The highest BCUT2D eigenvalue weighted by molar-refractivity contribution is 14.1. The molecule has 1 aliphatic heterocycles. The first-order chi connectivity index (χ1) is 6.75. The van der Waals surface area contributed by atoms with Crippen LogP contribution >= 0.6 is 22.9 Å². The maximum atomic E-state index is 9.81. The van der Waals surface area contributed by atoms with E-state index in [1.54, 1.807) is 6.26 Å². The molecule has 1 rings (SSSR count). The first-order valence-electron chi connectivity index (χ1n) is 5.12. The summed E-state index contributed by atoms with van der Waals surface area (Å²) in [5.41, 5.74) is 0. The summed E-state index contributed by atoms with van der Waals surface area (Å²) >= 11 is 2.28. The highest BCUT2D eigenvalue weighted by Gasteiger charge is 2.29. The van der Waals surface area contributed by atoms with Crippen LogP contribution in [0, 0.1) is 0 Å². The van der Waals surface area contributed by atoms with Crippen LogP contribution in [0.4, 0.5) is 0 Å². The Kier molecular flexibility index (Phi) is 5.81. The average Bonchev–Trinajstić information content (AvgIpc) is 2.59. The Morgan fingerprint density at radius 2 is 2.50 bits per heavy atom.